The molecule has 0 aliphatic carbocycles. The molecule has 0 aromatic carbocycles. The third kappa shape index (κ3) is 3.55. The van der Waals surface area contributed by atoms with Crippen LogP contribution in [0.25, 0.3) is 0 Å². The summed E-state index contributed by atoms with van der Waals surface area (Å²) in [6.45, 7) is 8.98. The Kier molecular flexibility index (Phi) is 6.39. The van der Waals surface area contributed by atoms with E-state index in [0.717, 1.165) is 19.4 Å². The van der Waals surface area contributed by atoms with E-state index in [-0.39, 0.29) is 12.2 Å². The molecule has 74 valence electrons. The zero-order chi connectivity index (χ0) is 9.56. The number of hydrogen-bond acceptors (Lipinski definition) is 2. The normalized spacial score (nSPS) is 29.5. The summed E-state index contributed by atoms with van der Waals surface area (Å²) in [4.78, 5) is 0. The van der Waals surface area contributed by atoms with E-state index < -0.39 is 0 Å². The molecule has 12 heavy (non-hydrogen) atoms. The van der Waals surface area contributed by atoms with Crippen molar-refractivity contribution in [2.45, 2.75) is 52.7 Å². The largest absolute Gasteiger partial charge is 0.390 e. The number of rotatable bonds is 1. The molecule has 0 spiro atoms. The molecule has 1 rings (SSSR count). The third-order valence-corrected chi connectivity index (χ3v) is 1.99. The van der Waals surface area contributed by atoms with Crippen LogP contribution in [0.4, 0.5) is 0 Å². The molecule has 0 amide bonds. The summed E-state index contributed by atoms with van der Waals surface area (Å²) in [5.41, 5.74) is 0. The molecule has 2 heteroatoms. The molecule has 2 atom stereocenters. The molecule has 0 radical (unpaired) electrons. The fourth-order valence-electron chi connectivity index (χ4n) is 1.42. The first-order chi connectivity index (χ1) is 5.72. The average Bonchev–Trinajstić information content (AvgIpc) is 2.08. The first-order valence-electron chi connectivity index (χ1n) is 5.01. The Hall–Kier alpha value is -0.0800. The van der Waals surface area contributed by atoms with Gasteiger partial charge in [0.15, 0.2) is 0 Å². The quantitative estimate of drug-likeness (QED) is 0.660. The van der Waals surface area contributed by atoms with Crippen molar-refractivity contribution < 1.29 is 9.84 Å². The molecule has 0 saturated carbocycles. The molecule has 2 nitrogen and oxygen atoms in total. The van der Waals surface area contributed by atoms with Crippen molar-refractivity contribution in [3.8, 4) is 0 Å². The van der Waals surface area contributed by atoms with Gasteiger partial charge in [-0.1, -0.05) is 27.7 Å². The topological polar surface area (TPSA) is 29.5 Å². The second kappa shape index (κ2) is 6.44. The summed E-state index contributed by atoms with van der Waals surface area (Å²) in [5.74, 6) is 0.440. The second-order valence-corrected chi connectivity index (χ2v) is 3.29. The lowest BCUT2D eigenvalue weighted by molar-refractivity contribution is -0.0942. The first-order valence-corrected chi connectivity index (χ1v) is 5.01. The van der Waals surface area contributed by atoms with Crippen molar-refractivity contribution in [1.29, 1.82) is 0 Å². The summed E-state index contributed by atoms with van der Waals surface area (Å²) in [6, 6.07) is 0. The van der Waals surface area contributed by atoms with Crippen LogP contribution in [-0.2, 0) is 4.74 Å². The van der Waals surface area contributed by atoms with Crippen molar-refractivity contribution in [3.05, 3.63) is 0 Å². The minimum Gasteiger partial charge on any atom is -0.390 e. The highest BCUT2D eigenvalue weighted by Gasteiger charge is 2.26. The van der Waals surface area contributed by atoms with E-state index in [2.05, 4.69) is 13.8 Å². The van der Waals surface area contributed by atoms with Crippen LogP contribution >= 0.6 is 0 Å². The van der Waals surface area contributed by atoms with Crippen LogP contribution in [0.15, 0.2) is 0 Å². The van der Waals surface area contributed by atoms with E-state index >= 15 is 0 Å². The third-order valence-electron chi connectivity index (χ3n) is 1.99. The van der Waals surface area contributed by atoms with Crippen molar-refractivity contribution >= 4 is 0 Å². The number of ether oxygens (including phenoxy) is 1. The lowest BCUT2D eigenvalue weighted by Crippen LogP contribution is -2.37. The van der Waals surface area contributed by atoms with Gasteiger partial charge in [-0.25, -0.2) is 0 Å². The Morgan fingerprint density at radius 2 is 1.92 bits per heavy atom. The maximum atomic E-state index is 9.41. The average molecular weight is 174 g/mol. The number of hydrogen-bond donors (Lipinski definition) is 1. The van der Waals surface area contributed by atoms with E-state index in [1.807, 2.05) is 13.8 Å². The highest BCUT2D eigenvalue weighted by atomic mass is 16.5. The zero-order valence-corrected chi connectivity index (χ0v) is 8.71. The molecule has 1 fully saturated rings. The highest BCUT2D eigenvalue weighted by Crippen LogP contribution is 2.19. The molecule has 1 N–H and O–H groups in total. The molecule has 0 aromatic heterocycles. The fourth-order valence-corrected chi connectivity index (χ4v) is 1.42. The summed E-state index contributed by atoms with van der Waals surface area (Å²) in [6.07, 6.45) is 1.76. The Bertz CT molecular complexity index is 102. The predicted molar refractivity (Wildman–Crippen MR) is 51.2 cm³/mol. The van der Waals surface area contributed by atoms with Crippen LogP contribution in [0.2, 0.25) is 0 Å². The standard InChI is InChI=1S/C8H16O2.C2H6/c1-6(2)8-7(9)4-3-5-10-8;1-2/h6-9H,3-5H2,1-2H3;1-2H3. The Morgan fingerprint density at radius 3 is 2.25 bits per heavy atom. The smallest absolute Gasteiger partial charge is 0.0856 e. The van der Waals surface area contributed by atoms with Gasteiger partial charge in [0.1, 0.15) is 0 Å². The number of aliphatic hydroxyl groups is 1. The Balaban J connectivity index is 0.000000561. The van der Waals surface area contributed by atoms with Crippen LogP contribution in [0.5, 0.6) is 0 Å². The van der Waals surface area contributed by atoms with Gasteiger partial charge in [0, 0.05) is 6.61 Å². The summed E-state index contributed by atoms with van der Waals surface area (Å²) in [5, 5.41) is 9.41. The maximum absolute atomic E-state index is 9.41. The lowest BCUT2D eigenvalue weighted by Gasteiger charge is -2.30. The summed E-state index contributed by atoms with van der Waals surface area (Å²) >= 11 is 0. The lowest BCUT2D eigenvalue weighted by atomic mass is 9.96. The van der Waals surface area contributed by atoms with E-state index in [1.54, 1.807) is 0 Å². The van der Waals surface area contributed by atoms with Gasteiger partial charge < -0.3 is 9.84 Å². The molecule has 0 bridgehead atoms. The Morgan fingerprint density at radius 1 is 1.33 bits per heavy atom. The Labute approximate surface area is 75.9 Å². The van der Waals surface area contributed by atoms with Gasteiger partial charge in [-0.3, -0.25) is 0 Å². The van der Waals surface area contributed by atoms with Crippen molar-refractivity contribution in [3.63, 3.8) is 0 Å². The van der Waals surface area contributed by atoms with Gasteiger partial charge in [0.05, 0.1) is 12.2 Å². The summed E-state index contributed by atoms with van der Waals surface area (Å²) < 4.78 is 5.40. The highest BCUT2D eigenvalue weighted by molar-refractivity contribution is 4.75. The van der Waals surface area contributed by atoms with Gasteiger partial charge in [0.25, 0.3) is 0 Å². The van der Waals surface area contributed by atoms with Crippen LogP contribution in [0, 0.1) is 5.92 Å². The SMILES string of the molecule is CC.CC(C)C1OCCCC1O. The monoisotopic (exact) mass is 174 g/mol. The maximum Gasteiger partial charge on any atom is 0.0856 e. The van der Waals surface area contributed by atoms with Gasteiger partial charge in [0.2, 0.25) is 0 Å². The molecule has 1 saturated heterocycles. The molecular formula is C10H22O2. The van der Waals surface area contributed by atoms with Crippen molar-refractivity contribution in [2.75, 3.05) is 6.61 Å². The molecule has 2 unspecified atom stereocenters. The predicted octanol–water partition coefficient (Wildman–Crippen LogP) is 2.21. The minimum atomic E-state index is -0.228. The van der Waals surface area contributed by atoms with Crippen LogP contribution in [0.1, 0.15) is 40.5 Å². The van der Waals surface area contributed by atoms with E-state index in [4.69, 9.17) is 4.74 Å². The minimum absolute atomic E-state index is 0.0775. The van der Waals surface area contributed by atoms with Crippen molar-refractivity contribution in [2.24, 2.45) is 5.92 Å². The van der Waals surface area contributed by atoms with Crippen LogP contribution < -0.4 is 0 Å². The van der Waals surface area contributed by atoms with E-state index in [9.17, 15) is 5.11 Å². The molecule has 0 aromatic rings. The molecule has 1 aliphatic heterocycles. The molecular weight excluding hydrogens is 152 g/mol. The van der Waals surface area contributed by atoms with Crippen LogP contribution in [0.3, 0.4) is 0 Å². The summed E-state index contributed by atoms with van der Waals surface area (Å²) in [7, 11) is 0. The molecule has 1 heterocycles. The fraction of sp³-hybridized carbons (Fsp3) is 1.00. The van der Waals surface area contributed by atoms with Gasteiger partial charge in [-0.15, -0.1) is 0 Å². The van der Waals surface area contributed by atoms with Gasteiger partial charge in [-0.05, 0) is 18.8 Å². The van der Waals surface area contributed by atoms with Gasteiger partial charge in [-0.2, -0.15) is 0 Å². The molecule has 1 aliphatic rings. The van der Waals surface area contributed by atoms with Crippen LogP contribution in [-0.4, -0.2) is 23.9 Å². The zero-order valence-electron chi connectivity index (χ0n) is 8.71. The number of aliphatic hydroxyl groups excluding tert-OH is 1. The first kappa shape index (κ1) is 11.9. The second-order valence-electron chi connectivity index (χ2n) is 3.29. The van der Waals surface area contributed by atoms with E-state index in [1.165, 1.54) is 0 Å². The van der Waals surface area contributed by atoms with Crippen molar-refractivity contribution in [1.82, 2.24) is 0 Å². The van der Waals surface area contributed by atoms with E-state index in [0.29, 0.717) is 5.92 Å². The van der Waals surface area contributed by atoms with Gasteiger partial charge >= 0.3 is 0 Å².